The van der Waals surface area contributed by atoms with Crippen LogP contribution in [-0.4, -0.2) is 106 Å². The number of likely N-dealkylation sites (tertiary alicyclic amines) is 1. The zero-order valence-electron chi connectivity index (χ0n) is 46.7. The van der Waals surface area contributed by atoms with Crippen LogP contribution in [0.2, 0.25) is 0 Å². The van der Waals surface area contributed by atoms with Crippen LogP contribution in [0, 0.1) is 11.8 Å². The number of rotatable bonds is 11. The van der Waals surface area contributed by atoms with Crippen LogP contribution in [0.3, 0.4) is 0 Å². The molecular formula is C62H65BrF3N11O5S. The van der Waals surface area contributed by atoms with Gasteiger partial charge in [-0.25, -0.2) is 15.0 Å². The maximum absolute atomic E-state index is 13.5. The number of amides is 4. The third kappa shape index (κ3) is 12.6. The molecule has 2 unspecified atom stereocenters. The number of hydrogen-bond acceptors (Lipinski definition) is 13. The largest absolute Gasteiger partial charge is 0.573 e. The number of guanidine groups is 3. The predicted molar refractivity (Wildman–Crippen MR) is 321 cm³/mol. The molecule has 1 saturated carbocycles. The number of alkyl halides is 3. The monoisotopic (exact) mass is 1210 g/mol. The highest BCUT2D eigenvalue weighted by Crippen LogP contribution is 2.49. The molecule has 6 N–H and O–H groups in total. The van der Waals surface area contributed by atoms with Crippen LogP contribution in [0.1, 0.15) is 80.9 Å². The molecule has 4 amide bonds. The van der Waals surface area contributed by atoms with Crippen LogP contribution in [0.25, 0.3) is 39.5 Å². The minimum absolute atomic E-state index is 0.0285. The molecule has 4 aliphatic heterocycles. The maximum atomic E-state index is 13.5. The van der Waals surface area contributed by atoms with Crippen molar-refractivity contribution in [3.8, 4) is 39.1 Å². The number of piperidine rings is 1. The Labute approximate surface area is 492 Å². The van der Waals surface area contributed by atoms with Crippen molar-refractivity contribution in [1.82, 2.24) is 24.6 Å². The first kappa shape index (κ1) is 59.5. The molecule has 0 radical (unpaired) electrons. The van der Waals surface area contributed by atoms with E-state index < -0.39 is 23.0 Å². The zero-order chi connectivity index (χ0) is 59.6. The lowest BCUT2D eigenvalue weighted by Gasteiger charge is -2.39. The van der Waals surface area contributed by atoms with E-state index in [2.05, 4.69) is 59.3 Å². The van der Waals surface area contributed by atoms with Crippen LogP contribution in [-0.2, 0) is 35.8 Å². The highest BCUT2D eigenvalue weighted by Gasteiger charge is 2.55. The zero-order valence-corrected chi connectivity index (χ0v) is 49.1. The van der Waals surface area contributed by atoms with Gasteiger partial charge in [0, 0.05) is 68.0 Å². The minimum atomic E-state index is -4.74. The van der Waals surface area contributed by atoms with E-state index in [0.29, 0.717) is 24.0 Å². The fourth-order valence-corrected chi connectivity index (χ4v) is 12.4. The molecule has 0 bridgehead atoms. The van der Waals surface area contributed by atoms with E-state index in [9.17, 15) is 32.3 Å². The second-order valence-electron chi connectivity index (χ2n) is 21.7. The van der Waals surface area contributed by atoms with Crippen molar-refractivity contribution >= 4 is 74.9 Å². The number of likely N-dealkylation sites (N-methyl/N-ethyl adjacent to an activating group) is 1. The van der Waals surface area contributed by atoms with Gasteiger partial charge in [-0.1, -0.05) is 85.8 Å². The first-order chi connectivity index (χ1) is 39.4. The summed E-state index contributed by atoms with van der Waals surface area (Å²) in [6.45, 7) is 11.1. The summed E-state index contributed by atoms with van der Waals surface area (Å²) in [4.78, 5) is 75.3. The molecule has 432 valence electrons. The summed E-state index contributed by atoms with van der Waals surface area (Å²) in [7, 11) is 3.26. The number of aromatic nitrogens is 1. The number of pyridine rings is 1. The van der Waals surface area contributed by atoms with Gasteiger partial charge in [-0.15, -0.1) is 24.5 Å². The Morgan fingerprint density at radius 3 is 1.96 bits per heavy atom. The van der Waals surface area contributed by atoms with Crippen LogP contribution in [0.4, 0.5) is 13.2 Å². The van der Waals surface area contributed by atoms with E-state index >= 15 is 0 Å². The molecule has 16 nitrogen and oxygen atoms in total. The molecule has 6 aromatic rings. The van der Waals surface area contributed by atoms with E-state index in [1.807, 2.05) is 109 Å². The average molecular weight is 1210 g/mol. The van der Waals surface area contributed by atoms with Gasteiger partial charge in [0.05, 0.1) is 6.42 Å². The second-order valence-corrected chi connectivity index (χ2v) is 23.5. The molecule has 0 spiro atoms. The van der Waals surface area contributed by atoms with E-state index in [1.54, 1.807) is 38.2 Å². The van der Waals surface area contributed by atoms with E-state index in [-0.39, 0.29) is 53.6 Å². The van der Waals surface area contributed by atoms with Gasteiger partial charge in [-0.05, 0) is 160 Å². The van der Waals surface area contributed by atoms with Gasteiger partial charge in [0.1, 0.15) is 11.3 Å². The highest BCUT2D eigenvalue weighted by atomic mass is 79.9. The molecule has 6 heterocycles. The van der Waals surface area contributed by atoms with E-state index in [1.165, 1.54) is 39.3 Å². The Balaban J connectivity index is 0.000000151. The van der Waals surface area contributed by atoms with Crippen LogP contribution < -0.4 is 21.9 Å². The summed E-state index contributed by atoms with van der Waals surface area (Å²) < 4.78 is 42.1. The van der Waals surface area contributed by atoms with Crippen molar-refractivity contribution in [2.75, 3.05) is 33.7 Å². The number of aliphatic imine (C=N–C) groups is 3. The Morgan fingerprint density at radius 1 is 0.747 bits per heavy atom. The quantitative estimate of drug-likeness (QED) is 0.112. The number of halogens is 4. The number of benzene rings is 4. The summed E-state index contributed by atoms with van der Waals surface area (Å²) in [5.74, 6) is 0.767. The van der Waals surface area contributed by atoms with Gasteiger partial charge in [0.25, 0.3) is 11.8 Å². The SMILES string of the molecule is C=Cc1cccc(-c2cccc(C3(C)N=C(N)N(CC4CCN(C(C)=O)CC4)C3=O)c2)c1.CN1C(=O)C(c2cccc(-c3cncc(Br)c3)c2)(C2CCC2)N=C1N.CN1C(=O)C[C@@](C)(c2cc(-c3cccc(OC(F)(F)F)c3)cs2)N=C1N. The van der Waals surface area contributed by atoms with Crippen molar-refractivity contribution in [2.45, 2.75) is 82.3 Å². The number of nitrogens with zero attached hydrogens (tertiary/aromatic N) is 8. The van der Waals surface area contributed by atoms with Gasteiger partial charge in [-0.3, -0.25) is 38.9 Å². The molecular weight excluding hydrogens is 1150 g/mol. The van der Waals surface area contributed by atoms with Crippen molar-refractivity contribution in [3.63, 3.8) is 0 Å². The predicted octanol–water partition coefficient (Wildman–Crippen LogP) is 10.6. The lowest BCUT2D eigenvalue weighted by atomic mass is 9.67. The highest BCUT2D eigenvalue weighted by molar-refractivity contribution is 9.10. The van der Waals surface area contributed by atoms with Gasteiger partial charge >= 0.3 is 6.36 Å². The molecule has 11 rings (SSSR count). The van der Waals surface area contributed by atoms with Crippen LogP contribution in [0.15, 0.2) is 153 Å². The Bertz CT molecular complexity index is 3580. The topological polar surface area (TPSA) is 219 Å². The van der Waals surface area contributed by atoms with Gasteiger partial charge in [-0.2, -0.15) is 0 Å². The van der Waals surface area contributed by atoms with E-state index in [4.69, 9.17) is 17.2 Å². The maximum Gasteiger partial charge on any atom is 0.573 e. The Hall–Kier alpha value is -8.17. The number of carbonyl (C=O) groups is 4. The van der Waals surface area contributed by atoms with Crippen molar-refractivity contribution in [2.24, 2.45) is 44.0 Å². The number of nitrogens with two attached hydrogens (primary N) is 3. The summed E-state index contributed by atoms with van der Waals surface area (Å²) in [5.41, 5.74) is 23.5. The lowest BCUT2D eigenvalue weighted by molar-refractivity contribution is -0.274. The molecule has 2 aromatic heterocycles. The average Bonchev–Trinajstić information content (AvgIpc) is 2.27. The molecule has 1 saturated heterocycles. The lowest BCUT2D eigenvalue weighted by Crippen LogP contribution is -2.47. The normalized spacial score (nSPS) is 21.9. The van der Waals surface area contributed by atoms with Crippen molar-refractivity contribution in [3.05, 3.63) is 160 Å². The standard InChI is InChI=1S/C26H30N4O2.C19H19BrN4O.C17H16F3N3O2S/c1-4-19-7-5-8-21(15-19)22-9-6-10-23(16-22)26(3)24(32)30(25(27)28-26)17-20-11-13-29(14-12-20)18(2)31;1-24-17(25)19(23-18(24)21,14-5-3-6-14)15-7-2-4-12(8-15)13-9-16(20)11-22-10-13;1-16(8-14(24)23(2)15(21)22-16)13-7-11(9-26-13)10-4-3-5-12(6-10)25-17(18,19)20/h4-10,15-16,20H,1,11-14,17H2,2-3H3,(H2,27,28);2,4,7-11,14H,3,5-6H2,1H3,(H2,21,23);3-7,9H,8H2,1-2H3,(H2,21,22)/t;;16-/m..0/s1. The number of ether oxygens (including phenoxy) is 1. The molecule has 3 atom stereocenters. The minimum Gasteiger partial charge on any atom is -0.406 e. The molecule has 21 heteroatoms. The third-order valence-corrected chi connectivity index (χ3v) is 17.7. The first-order valence-corrected chi connectivity index (χ1v) is 28.8. The fraction of sp³-hybridized carbons (Fsp3) is 0.323. The van der Waals surface area contributed by atoms with E-state index in [0.717, 1.165) is 99.1 Å². The van der Waals surface area contributed by atoms with Gasteiger partial charge < -0.3 is 26.8 Å². The summed E-state index contributed by atoms with van der Waals surface area (Å²) in [5, 5.41) is 1.81. The fourth-order valence-electron chi connectivity index (χ4n) is 11.0. The van der Waals surface area contributed by atoms with Crippen LogP contribution >= 0.6 is 27.3 Å². The number of thiophene rings is 1. The summed E-state index contributed by atoms with van der Waals surface area (Å²) in [6, 6.07) is 33.7. The number of carbonyl (C=O) groups excluding carboxylic acids is 4. The Morgan fingerprint density at radius 2 is 1.36 bits per heavy atom. The Kier molecular flexibility index (Phi) is 17.2. The third-order valence-electron chi connectivity index (χ3n) is 16.1. The second kappa shape index (κ2) is 24.0. The van der Waals surface area contributed by atoms with Crippen molar-refractivity contribution in [1.29, 1.82) is 0 Å². The summed E-state index contributed by atoms with van der Waals surface area (Å²) >= 11 is 4.84. The molecule has 5 aliphatic rings. The summed E-state index contributed by atoms with van der Waals surface area (Å²) in [6.07, 6.45) is 5.67. The van der Waals surface area contributed by atoms with Gasteiger partial charge in [0.2, 0.25) is 11.8 Å². The molecule has 83 heavy (non-hydrogen) atoms. The van der Waals surface area contributed by atoms with Crippen molar-refractivity contribution < 1.29 is 37.1 Å². The van der Waals surface area contributed by atoms with Crippen LogP contribution in [0.5, 0.6) is 5.75 Å². The smallest absolute Gasteiger partial charge is 0.406 e. The molecule has 4 aromatic carbocycles. The molecule has 1 aliphatic carbocycles. The number of hydrogen-bond donors (Lipinski definition) is 3. The first-order valence-electron chi connectivity index (χ1n) is 27.1. The van der Waals surface area contributed by atoms with Gasteiger partial charge in [0.15, 0.2) is 29.0 Å². The molecule has 2 fully saturated rings.